The summed E-state index contributed by atoms with van der Waals surface area (Å²) < 4.78 is 6.71. The smallest absolute Gasteiger partial charge is 0.127 e. The highest BCUT2D eigenvalue weighted by Gasteiger charge is 1.98. The van der Waals surface area contributed by atoms with Gasteiger partial charge in [-0.25, -0.2) is 0 Å². The van der Waals surface area contributed by atoms with Gasteiger partial charge < -0.3 is 4.74 Å². The number of hydrogen-bond acceptors (Lipinski definition) is 1. The van der Waals surface area contributed by atoms with E-state index in [9.17, 15) is 0 Å². The molecular formula is C14H14BrO. The summed E-state index contributed by atoms with van der Waals surface area (Å²) in [5, 5.41) is 2.27. The van der Waals surface area contributed by atoms with E-state index in [0.29, 0.717) is 0 Å². The molecule has 83 valence electrons. The van der Waals surface area contributed by atoms with E-state index < -0.39 is 0 Å². The zero-order chi connectivity index (χ0) is 11.4. The highest BCUT2D eigenvalue weighted by molar-refractivity contribution is 9.10. The number of hydrogen-bond donors (Lipinski definition) is 0. The minimum absolute atomic E-state index is 0.773. The van der Waals surface area contributed by atoms with Crippen LogP contribution in [-0.4, -0.2) is 6.61 Å². The minimum Gasteiger partial charge on any atom is -0.493 e. The summed E-state index contributed by atoms with van der Waals surface area (Å²) in [6.45, 7) is 2.93. The van der Waals surface area contributed by atoms with Gasteiger partial charge in [-0.15, -0.1) is 0 Å². The van der Waals surface area contributed by atoms with Crippen LogP contribution in [0.15, 0.2) is 34.8 Å². The maximum absolute atomic E-state index is 5.62. The van der Waals surface area contributed by atoms with E-state index in [-0.39, 0.29) is 0 Å². The van der Waals surface area contributed by atoms with Crippen molar-refractivity contribution in [3.63, 3.8) is 0 Å². The molecule has 2 aromatic carbocycles. The van der Waals surface area contributed by atoms with E-state index in [1.807, 2.05) is 18.2 Å². The molecule has 0 fully saturated rings. The number of ether oxygens (including phenoxy) is 1. The molecule has 0 aliphatic heterocycles. The van der Waals surface area contributed by atoms with E-state index in [4.69, 9.17) is 4.74 Å². The number of unbranched alkanes of at least 4 members (excludes halogenated alkanes) is 1. The summed E-state index contributed by atoms with van der Waals surface area (Å²) in [5.41, 5.74) is 0. The monoisotopic (exact) mass is 277 g/mol. The summed E-state index contributed by atoms with van der Waals surface area (Å²) in [7, 11) is 0. The Hall–Kier alpha value is -1.02. The average Bonchev–Trinajstić information content (AvgIpc) is 2.29. The van der Waals surface area contributed by atoms with E-state index in [2.05, 4.69) is 41.1 Å². The van der Waals surface area contributed by atoms with Crippen LogP contribution in [0.1, 0.15) is 19.8 Å². The van der Waals surface area contributed by atoms with E-state index in [1.54, 1.807) is 0 Å². The van der Waals surface area contributed by atoms with Crippen LogP contribution in [0.3, 0.4) is 0 Å². The largest absolute Gasteiger partial charge is 0.493 e. The molecule has 1 nitrogen and oxygen atoms in total. The van der Waals surface area contributed by atoms with Crippen LogP contribution in [0.4, 0.5) is 0 Å². The van der Waals surface area contributed by atoms with E-state index >= 15 is 0 Å². The number of benzene rings is 2. The molecular weight excluding hydrogens is 264 g/mol. The molecule has 0 atom stereocenters. The van der Waals surface area contributed by atoms with Gasteiger partial charge in [0.05, 0.1) is 6.61 Å². The third-order valence-corrected chi connectivity index (χ3v) is 2.93. The molecule has 0 N–H and O–H groups in total. The third-order valence-electron chi connectivity index (χ3n) is 2.44. The minimum atomic E-state index is 0.773. The van der Waals surface area contributed by atoms with Crippen molar-refractivity contribution in [1.82, 2.24) is 0 Å². The summed E-state index contributed by atoms with van der Waals surface area (Å²) in [4.78, 5) is 0. The van der Waals surface area contributed by atoms with Gasteiger partial charge in [-0.2, -0.15) is 0 Å². The lowest BCUT2D eigenvalue weighted by Gasteiger charge is -2.06. The predicted octanol–water partition coefficient (Wildman–Crippen LogP) is 4.58. The van der Waals surface area contributed by atoms with E-state index in [0.717, 1.165) is 35.1 Å². The van der Waals surface area contributed by atoms with Crippen LogP contribution in [0.25, 0.3) is 10.8 Å². The molecule has 0 amide bonds. The average molecular weight is 278 g/mol. The molecule has 0 aliphatic carbocycles. The number of rotatable bonds is 4. The predicted molar refractivity (Wildman–Crippen MR) is 70.9 cm³/mol. The van der Waals surface area contributed by atoms with Gasteiger partial charge in [0.25, 0.3) is 0 Å². The fourth-order valence-corrected chi connectivity index (χ4v) is 1.91. The molecule has 0 saturated heterocycles. The normalized spacial score (nSPS) is 10.6. The van der Waals surface area contributed by atoms with Gasteiger partial charge in [0.15, 0.2) is 0 Å². The van der Waals surface area contributed by atoms with Gasteiger partial charge in [-0.1, -0.05) is 41.4 Å². The molecule has 0 unspecified atom stereocenters. The standard InChI is InChI=1S/C14H14BrO/c1-2-3-8-16-14-7-5-11-9-13(15)6-4-12(11)10-14/h4-7,9H,2-3,8H2,1H3. The lowest BCUT2D eigenvalue weighted by molar-refractivity contribution is 0.309. The molecule has 0 aliphatic rings. The van der Waals surface area contributed by atoms with Crippen LogP contribution in [0, 0.1) is 6.07 Å². The second-order valence-corrected chi connectivity index (χ2v) is 4.67. The van der Waals surface area contributed by atoms with Crippen molar-refractivity contribution >= 4 is 26.7 Å². The topological polar surface area (TPSA) is 9.23 Å². The van der Waals surface area contributed by atoms with Crippen molar-refractivity contribution < 1.29 is 4.74 Å². The Bertz CT molecular complexity index is 479. The third kappa shape index (κ3) is 2.76. The molecule has 2 heteroatoms. The van der Waals surface area contributed by atoms with Crippen molar-refractivity contribution in [2.75, 3.05) is 6.61 Å². The molecule has 1 radical (unpaired) electrons. The number of fused-ring (bicyclic) bond motifs is 1. The number of halogens is 1. The molecule has 0 bridgehead atoms. The van der Waals surface area contributed by atoms with Gasteiger partial charge in [0.1, 0.15) is 5.75 Å². The first kappa shape index (κ1) is 11.5. The SMILES string of the molecule is CCCCOc1[c]c2ccc(Br)cc2cc1. The summed E-state index contributed by atoms with van der Waals surface area (Å²) in [5.74, 6) is 0.836. The highest BCUT2D eigenvalue weighted by Crippen LogP contribution is 2.23. The van der Waals surface area contributed by atoms with Crippen LogP contribution in [0.5, 0.6) is 5.75 Å². The second kappa shape index (κ2) is 5.35. The van der Waals surface area contributed by atoms with Crippen molar-refractivity contribution in [2.24, 2.45) is 0 Å². The zero-order valence-electron chi connectivity index (χ0n) is 9.29. The van der Waals surface area contributed by atoms with Crippen molar-refractivity contribution in [3.8, 4) is 5.75 Å². The first-order valence-electron chi connectivity index (χ1n) is 5.54. The quantitative estimate of drug-likeness (QED) is 0.744. The van der Waals surface area contributed by atoms with Gasteiger partial charge in [-0.3, -0.25) is 0 Å². The van der Waals surface area contributed by atoms with Gasteiger partial charge in [-0.05, 0) is 35.4 Å². The molecule has 2 aromatic rings. The first-order chi connectivity index (χ1) is 7.79. The van der Waals surface area contributed by atoms with Crippen molar-refractivity contribution in [1.29, 1.82) is 0 Å². The summed E-state index contributed by atoms with van der Waals surface area (Å²) >= 11 is 3.46. The molecule has 16 heavy (non-hydrogen) atoms. The fourth-order valence-electron chi connectivity index (χ4n) is 1.54. The second-order valence-electron chi connectivity index (χ2n) is 3.76. The molecule has 2 rings (SSSR count). The first-order valence-corrected chi connectivity index (χ1v) is 6.33. The molecule has 0 spiro atoms. The van der Waals surface area contributed by atoms with Crippen LogP contribution in [-0.2, 0) is 0 Å². The van der Waals surface area contributed by atoms with Crippen LogP contribution < -0.4 is 4.74 Å². The highest BCUT2D eigenvalue weighted by atomic mass is 79.9. The maximum Gasteiger partial charge on any atom is 0.127 e. The van der Waals surface area contributed by atoms with Crippen LogP contribution >= 0.6 is 15.9 Å². The van der Waals surface area contributed by atoms with E-state index in [1.165, 1.54) is 5.39 Å². The summed E-state index contributed by atoms with van der Waals surface area (Å²) in [6, 6.07) is 13.5. The molecule has 0 saturated carbocycles. The lowest BCUT2D eigenvalue weighted by Crippen LogP contribution is -1.96. The van der Waals surface area contributed by atoms with Crippen molar-refractivity contribution in [3.05, 3.63) is 40.9 Å². The van der Waals surface area contributed by atoms with Crippen molar-refractivity contribution in [2.45, 2.75) is 19.8 Å². The summed E-state index contributed by atoms with van der Waals surface area (Å²) in [6.07, 6.45) is 2.24. The Morgan fingerprint density at radius 1 is 1.25 bits per heavy atom. The molecule has 0 aromatic heterocycles. The van der Waals surface area contributed by atoms with Gasteiger partial charge >= 0.3 is 0 Å². The zero-order valence-corrected chi connectivity index (χ0v) is 10.9. The Morgan fingerprint density at radius 3 is 2.94 bits per heavy atom. The fraction of sp³-hybridized carbons (Fsp3) is 0.286. The Labute approximate surface area is 105 Å². The van der Waals surface area contributed by atoms with Gasteiger partial charge in [0, 0.05) is 10.5 Å². The van der Waals surface area contributed by atoms with Crippen LogP contribution in [0.2, 0.25) is 0 Å². The lowest BCUT2D eigenvalue weighted by atomic mass is 10.1. The molecule has 0 heterocycles. The van der Waals surface area contributed by atoms with Gasteiger partial charge in [0.2, 0.25) is 0 Å². The Balaban J connectivity index is 2.20. The maximum atomic E-state index is 5.62. The Morgan fingerprint density at radius 2 is 2.12 bits per heavy atom. The Kier molecular flexibility index (Phi) is 3.83.